The van der Waals surface area contributed by atoms with Crippen LogP contribution in [0.25, 0.3) is 0 Å². The number of piperidine rings is 2. The maximum atomic E-state index is 13.0. The highest BCUT2D eigenvalue weighted by atomic mass is 35.5. The Morgan fingerprint density at radius 1 is 0.683 bits per heavy atom. The van der Waals surface area contributed by atoms with E-state index in [0.29, 0.717) is 29.2 Å². The summed E-state index contributed by atoms with van der Waals surface area (Å²) in [4.78, 5) is 19.0. The average molecular weight is 620 g/mol. The smallest absolute Gasteiger partial charge is 0.261 e. The number of halogens is 1. The van der Waals surface area contributed by atoms with Crippen molar-refractivity contribution in [2.45, 2.75) is 50.3 Å². The molecule has 2 aliphatic heterocycles. The lowest BCUT2D eigenvalue weighted by Crippen LogP contribution is -2.34. The number of hydrogen-bond donors (Lipinski definition) is 6. The van der Waals surface area contributed by atoms with Crippen molar-refractivity contribution in [1.82, 2.24) is 39.6 Å². The molecule has 0 amide bonds. The van der Waals surface area contributed by atoms with E-state index in [2.05, 4.69) is 19.8 Å². The van der Waals surface area contributed by atoms with E-state index in [1.54, 1.807) is 36.4 Å². The van der Waals surface area contributed by atoms with Gasteiger partial charge in [-0.3, -0.25) is 4.72 Å². The third kappa shape index (κ3) is 9.38. The first kappa shape index (κ1) is 37.7. The molecule has 0 aliphatic carbocycles. The molecule has 0 bridgehead atoms. The van der Waals surface area contributed by atoms with E-state index in [-0.39, 0.29) is 47.6 Å². The third-order valence-corrected chi connectivity index (χ3v) is 8.02. The summed E-state index contributed by atoms with van der Waals surface area (Å²) in [6.07, 6.45) is 6.93. The van der Waals surface area contributed by atoms with E-state index in [0.717, 1.165) is 57.4 Å². The van der Waals surface area contributed by atoms with Crippen LogP contribution in [0.3, 0.4) is 0 Å². The van der Waals surface area contributed by atoms with Crippen LogP contribution in [-0.4, -0.2) is 49.5 Å². The molecule has 2 saturated heterocycles. The Labute approximate surface area is 255 Å². The number of aryl methyl sites for hydroxylation is 1. The monoisotopic (exact) mass is 619 g/mol. The summed E-state index contributed by atoms with van der Waals surface area (Å²) in [7, 11) is -3.76. The molecular weight excluding hydrogens is 566 g/mol. The Morgan fingerprint density at radius 2 is 1.15 bits per heavy atom. The molecule has 238 valence electrons. The van der Waals surface area contributed by atoms with E-state index < -0.39 is 10.0 Å². The van der Waals surface area contributed by atoms with Gasteiger partial charge in [-0.15, -0.1) is 12.4 Å². The number of sulfonamides is 1. The minimum atomic E-state index is -3.76. The summed E-state index contributed by atoms with van der Waals surface area (Å²) in [5, 5.41) is 3.27. The van der Waals surface area contributed by atoms with Gasteiger partial charge in [0.25, 0.3) is 10.0 Å². The van der Waals surface area contributed by atoms with Crippen molar-refractivity contribution >= 4 is 51.7 Å². The summed E-state index contributed by atoms with van der Waals surface area (Å²) in [6.45, 7) is 5.63. The van der Waals surface area contributed by atoms with Gasteiger partial charge < -0.3 is 39.7 Å². The number of benzene rings is 2. The number of anilines is 5. The molecule has 2 aromatic carbocycles. The molecule has 0 unspecified atom stereocenters. The van der Waals surface area contributed by atoms with E-state index in [9.17, 15) is 8.42 Å². The molecule has 2 aliphatic rings. The summed E-state index contributed by atoms with van der Waals surface area (Å²) >= 11 is 0. The Morgan fingerprint density at radius 3 is 1.63 bits per heavy atom. The molecule has 15 heteroatoms. The van der Waals surface area contributed by atoms with Crippen LogP contribution < -0.4 is 44.4 Å². The summed E-state index contributed by atoms with van der Waals surface area (Å²) in [5.74, 6) is 1.75. The second kappa shape index (κ2) is 16.9. The summed E-state index contributed by atoms with van der Waals surface area (Å²) in [6, 6.07) is 14.0. The molecule has 41 heavy (non-hydrogen) atoms. The van der Waals surface area contributed by atoms with Crippen molar-refractivity contribution in [2.75, 3.05) is 46.0 Å². The zero-order valence-electron chi connectivity index (χ0n) is 23.9. The molecule has 13 nitrogen and oxygen atoms in total. The second-order valence-corrected chi connectivity index (χ2v) is 11.1. The topological polar surface area (TPSA) is 243 Å². The fourth-order valence-electron chi connectivity index (χ4n) is 4.60. The van der Waals surface area contributed by atoms with Gasteiger partial charge in [-0.1, -0.05) is 29.8 Å². The van der Waals surface area contributed by atoms with Gasteiger partial charge in [0.05, 0.1) is 16.3 Å². The molecule has 1 aromatic heterocycles. The van der Waals surface area contributed by atoms with Crippen LogP contribution in [0.2, 0.25) is 0 Å². The molecule has 14 N–H and O–H groups in total. The summed E-state index contributed by atoms with van der Waals surface area (Å²) in [5.41, 5.74) is 2.01. The molecule has 0 spiro atoms. The van der Waals surface area contributed by atoms with E-state index in [1.165, 1.54) is 12.8 Å². The predicted octanol–water partition coefficient (Wildman–Crippen LogP) is 6.76. The van der Waals surface area contributed by atoms with E-state index >= 15 is 0 Å². The second-order valence-electron chi connectivity index (χ2n) is 9.44. The first-order chi connectivity index (χ1) is 17.5. The number of aromatic nitrogens is 3. The van der Waals surface area contributed by atoms with E-state index in [1.807, 2.05) is 19.1 Å². The minimum Gasteiger partial charge on any atom is -0.344 e. The zero-order chi connectivity index (χ0) is 25.0. The highest BCUT2D eigenvalue weighted by Crippen LogP contribution is 2.29. The first-order valence-electron chi connectivity index (χ1n) is 12.7. The zero-order valence-corrected chi connectivity index (χ0v) is 25.5. The molecule has 3 aromatic rings. The highest BCUT2D eigenvalue weighted by molar-refractivity contribution is 7.92. The number of nitrogens with one attached hydrogen (secondary N) is 2. The van der Waals surface area contributed by atoms with Gasteiger partial charge in [-0.05, 0) is 69.7 Å². The largest absolute Gasteiger partial charge is 0.344 e. The Hall–Kier alpha value is -3.27. The van der Waals surface area contributed by atoms with Crippen LogP contribution in [0.4, 0.5) is 29.2 Å². The normalized spacial score (nSPS) is 14.6. The van der Waals surface area contributed by atoms with Crippen LogP contribution in [0, 0.1) is 6.92 Å². The van der Waals surface area contributed by atoms with E-state index in [4.69, 9.17) is 15.0 Å². The van der Waals surface area contributed by atoms with Gasteiger partial charge >= 0.3 is 0 Å². The number of rotatable bonds is 7. The molecule has 0 radical (unpaired) electrons. The van der Waals surface area contributed by atoms with Gasteiger partial charge in [0, 0.05) is 31.9 Å². The standard InChI is InChI=1S/C26H33N7O2S.ClH.4H3N.4H2/c1-20-12-14-21(15-13-20)36(34,35)31-23-11-5-4-10-22(23)27-24-28-25(32-16-6-2-7-17-32)30-26(29-24)33-18-8-3-9-19-33;;;;;;;;;/h4-5,10-15,31H,2-3,6-9,16-19H2,1H3,(H,27,28,29,30);1H;4*1H3;4*1H. The summed E-state index contributed by atoms with van der Waals surface area (Å²) < 4.78 is 28.8. The lowest BCUT2D eigenvalue weighted by atomic mass is 10.1. The molecule has 5 rings (SSSR count). The van der Waals surface area contributed by atoms with Crippen molar-refractivity contribution < 1.29 is 14.1 Å². The number of nitrogens with zero attached hydrogens (tertiary/aromatic N) is 5. The fraction of sp³-hybridized carbons (Fsp3) is 0.423. The number of para-hydroxylation sites is 2. The number of hydrogen-bond acceptors (Lipinski definition) is 12. The van der Waals surface area contributed by atoms with Crippen molar-refractivity contribution in [3.63, 3.8) is 0 Å². The third-order valence-electron chi connectivity index (χ3n) is 6.64. The SMILES string of the molecule is Cc1ccc(S(=O)(=O)Nc2ccccc2Nc2nc(N3CCCCC3)nc(N3CCCCC3)n2)cc1.Cl.N.N.N.N.[HH].[HH].[HH].[HH]. The lowest BCUT2D eigenvalue weighted by molar-refractivity contribution is 0.556. The Balaban J connectivity index is -0.000000593. The van der Waals surface area contributed by atoms with Crippen LogP contribution in [0.5, 0.6) is 0 Å². The molecule has 3 heterocycles. The van der Waals surface area contributed by atoms with Crippen LogP contribution >= 0.6 is 12.4 Å². The molecule has 0 atom stereocenters. The average Bonchev–Trinajstić information content (AvgIpc) is 2.91. The highest BCUT2D eigenvalue weighted by Gasteiger charge is 2.21. The van der Waals surface area contributed by atoms with Crippen molar-refractivity contribution in [1.29, 1.82) is 0 Å². The molecule has 0 saturated carbocycles. The maximum Gasteiger partial charge on any atom is 0.261 e. The van der Waals surface area contributed by atoms with Gasteiger partial charge in [0.2, 0.25) is 17.8 Å². The van der Waals surface area contributed by atoms with Crippen LogP contribution in [-0.2, 0) is 10.0 Å². The molecule has 2 fully saturated rings. The quantitative estimate of drug-likeness (QED) is 0.160. The van der Waals surface area contributed by atoms with Crippen molar-refractivity contribution in [3.8, 4) is 0 Å². The van der Waals surface area contributed by atoms with Crippen molar-refractivity contribution in [3.05, 3.63) is 54.1 Å². The van der Waals surface area contributed by atoms with Crippen LogP contribution in [0.1, 0.15) is 49.8 Å². The fourth-order valence-corrected chi connectivity index (χ4v) is 5.68. The lowest BCUT2D eigenvalue weighted by Gasteiger charge is -2.30. The minimum absolute atomic E-state index is 0. The maximum absolute atomic E-state index is 13.0. The predicted molar refractivity (Wildman–Crippen MR) is 179 cm³/mol. The van der Waals surface area contributed by atoms with Gasteiger partial charge in [0.15, 0.2) is 0 Å². The van der Waals surface area contributed by atoms with Gasteiger partial charge in [-0.2, -0.15) is 15.0 Å². The van der Waals surface area contributed by atoms with Crippen molar-refractivity contribution in [2.24, 2.45) is 0 Å². The molecular formula is C26H54ClN11O2S. The van der Waals surface area contributed by atoms with Gasteiger partial charge in [-0.25, -0.2) is 8.42 Å². The van der Waals surface area contributed by atoms with Gasteiger partial charge in [0.1, 0.15) is 0 Å². The Kier molecular flexibility index (Phi) is 15.5. The first-order valence-corrected chi connectivity index (χ1v) is 14.2. The van der Waals surface area contributed by atoms with Crippen LogP contribution in [0.15, 0.2) is 53.4 Å². The Bertz CT molecular complexity index is 1280.